The Morgan fingerprint density at radius 1 is 1.18 bits per heavy atom. The summed E-state index contributed by atoms with van der Waals surface area (Å²) >= 11 is 0. The molecular weight excluding hydrogens is 236 g/mol. The Bertz CT molecular complexity index is 565. The van der Waals surface area contributed by atoms with Crippen LogP contribution in [0.3, 0.4) is 0 Å². The van der Waals surface area contributed by atoms with Crippen LogP contribution in [-0.4, -0.2) is 20.5 Å². The fourth-order valence-electron chi connectivity index (χ4n) is 1.92. The van der Waals surface area contributed by atoms with Crippen LogP contribution in [0.2, 0.25) is 0 Å². The average molecular weight is 250 g/mol. The van der Waals surface area contributed by atoms with Gasteiger partial charge in [0.05, 0.1) is 4.90 Å². The predicted molar refractivity (Wildman–Crippen MR) is 65.8 cm³/mol. The number of ketones is 1. The van der Waals surface area contributed by atoms with Gasteiger partial charge in [-0.2, -0.15) is 0 Å². The molecule has 0 atom stereocenters. The first-order valence-corrected chi connectivity index (χ1v) is 7.41. The van der Waals surface area contributed by atoms with Crippen LogP contribution in [0.4, 0.5) is 0 Å². The number of hydrogen-bond donors (Lipinski definition) is 0. The summed E-state index contributed by atoms with van der Waals surface area (Å²) < 4.78 is 22.5. The topological polar surface area (TPSA) is 51.2 Å². The zero-order valence-electron chi connectivity index (χ0n) is 9.64. The fourth-order valence-corrected chi connectivity index (χ4v) is 2.55. The molecule has 1 aromatic rings. The second-order valence-corrected chi connectivity index (χ2v) is 6.26. The number of hydrogen-bond acceptors (Lipinski definition) is 3. The summed E-state index contributed by atoms with van der Waals surface area (Å²) in [7, 11) is -3.19. The standard InChI is InChI=1S/C13H14O3S/c1-17(15,16)12-8-6-11(7-9-12)13(14)10-4-2-3-5-10/h4,6-9H,2-3,5H2,1H3. The Morgan fingerprint density at radius 2 is 1.82 bits per heavy atom. The average Bonchev–Trinajstić information content (AvgIpc) is 2.80. The van der Waals surface area contributed by atoms with Crippen molar-refractivity contribution in [1.82, 2.24) is 0 Å². The third-order valence-electron chi connectivity index (χ3n) is 2.88. The van der Waals surface area contributed by atoms with Crippen LogP contribution in [0.25, 0.3) is 0 Å². The minimum Gasteiger partial charge on any atom is -0.289 e. The molecule has 0 N–H and O–H groups in total. The highest BCUT2D eigenvalue weighted by Gasteiger charge is 2.16. The zero-order valence-corrected chi connectivity index (χ0v) is 10.5. The Morgan fingerprint density at radius 3 is 2.29 bits per heavy atom. The molecule has 0 bridgehead atoms. The van der Waals surface area contributed by atoms with Gasteiger partial charge in [-0.1, -0.05) is 6.08 Å². The molecular formula is C13H14O3S. The van der Waals surface area contributed by atoms with Crippen molar-refractivity contribution in [2.24, 2.45) is 0 Å². The van der Waals surface area contributed by atoms with E-state index in [0.717, 1.165) is 31.1 Å². The van der Waals surface area contributed by atoms with Gasteiger partial charge in [-0.05, 0) is 49.1 Å². The quantitative estimate of drug-likeness (QED) is 0.774. The van der Waals surface area contributed by atoms with Gasteiger partial charge in [-0.25, -0.2) is 8.42 Å². The van der Waals surface area contributed by atoms with E-state index in [1.807, 2.05) is 6.08 Å². The molecule has 0 aliphatic heterocycles. The number of Topliss-reactive ketones (excluding diaryl/α,β-unsaturated/α-hetero) is 1. The van der Waals surface area contributed by atoms with Gasteiger partial charge in [0.2, 0.25) is 0 Å². The summed E-state index contributed by atoms with van der Waals surface area (Å²) in [5.41, 5.74) is 1.41. The van der Waals surface area contributed by atoms with Crippen LogP contribution in [0.1, 0.15) is 29.6 Å². The lowest BCUT2D eigenvalue weighted by Gasteiger charge is -2.03. The zero-order chi connectivity index (χ0) is 12.5. The molecule has 1 aromatic carbocycles. The summed E-state index contributed by atoms with van der Waals surface area (Å²) in [5, 5.41) is 0. The fraction of sp³-hybridized carbons (Fsp3) is 0.308. The minimum absolute atomic E-state index is 0.0163. The molecule has 2 rings (SSSR count). The van der Waals surface area contributed by atoms with E-state index in [-0.39, 0.29) is 10.7 Å². The lowest BCUT2D eigenvalue weighted by molar-refractivity contribution is 0.103. The molecule has 0 radical (unpaired) electrons. The normalized spacial score (nSPS) is 15.7. The third-order valence-corrected chi connectivity index (χ3v) is 4.01. The molecule has 0 amide bonds. The van der Waals surface area contributed by atoms with Crippen molar-refractivity contribution in [3.05, 3.63) is 41.5 Å². The van der Waals surface area contributed by atoms with Gasteiger partial charge in [0.1, 0.15) is 0 Å². The highest BCUT2D eigenvalue weighted by molar-refractivity contribution is 7.90. The molecule has 1 aliphatic rings. The van der Waals surface area contributed by atoms with Crippen molar-refractivity contribution < 1.29 is 13.2 Å². The van der Waals surface area contributed by atoms with Gasteiger partial charge in [-0.15, -0.1) is 0 Å². The number of carbonyl (C=O) groups excluding carboxylic acids is 1. The van der Waals surface area contributed by atoms with E-state index in [9.17, 15) is 13.2 Å². The third kappa shape index (κ3) is 2.64. The number of rotatable bonds is 3. The maximum atomic E-state index is 12.0. The second-order valence-electron chi connectivity index (χ2n) is 4.25. The van der Waals surface area contributed by atoms with E-state index in [1.165, 1.54) is 12.1 Å². The Balaban J connectivity index is 2.27. The Labute approximate surface area is 101 Å². The first-order chi connectivity index (χ1) is 7.98. The maximum absolute atomic E-state index is 12.0. The van der Waals surface area contributed by atoms with Crippen LogP contribution in [0.5, 0.6) is 0 Å². The molecule has 0 fully saturated rings. The first kappa shape index (κ1) is 12.0. The van der Waals surface area contributed by atoms with E-state index < -0.39 is 9.84 Å². The molecule has 4 heteroatoms. The van der Waals surface area contributed by atoms with Crippen LogP contribution in [0, 0.1) is 0 Å². The van der Waals surface area contributed by atoms with Crippen LogP contribution < -0.4 is 0 Å². The summed E-state index contributed by atoms with van der Waals surface area (Å²) in [6.07, 6.45) is 5.94. The smallest absolute Gasteiger partial charge is 0.188 e. The monoisotopic (exact) mass is 250 g/mol. The molecule has 17 heavy (non-hydrogen) atoms. The Hall–Kier alpha value is -1.42. The number of allylic oxidation sites excluding steroid dienone is 2. The van der Waals surface area contributed by atoms with E-state index in [1.54, 1.807) is 12.1 Å². The van der Waals surface area contributed by atoms with Gasteiger partial charge < -0.3 is 0 Å². The van der Waals surface area contributed by atoms with E-state index >= 15 is 0 Å². The summed E-state index contributed by atoms with van der Waals surface area (Å²) in [6.45, 7) is 0. The van der Waals surface area contributed by atoms with Crippen LogP contribution >= 0.6 is 0 Å². The van der Waals surface area contributed by atoms with Crippen LogP contribution in [-0.2, 0) is 9.84 Å². The highest BCUT2D eigenvalue weighted by atomic mass is 32.2. The minimum atomic E-state index is -3.19. The van der Waals surface area contributed by atoms with Gasteiger partial charge in [0.25, 0.3) is 0 Å². The number of sulfone groups is 1. The summed E-state index contributed by atoms with van der Waals surface area (Å²) in [5.74, 6) is 0.0163. The van der Waals surface area contributed by atoms with Gasteiger partial charge >= 0.3 is 0 Å². The van der Waals surface area contributed by atoms with E-state index in [0.29, 0.717) is 5.56 Å². The van der Waals surface area contributed by atoms with Crippen LogP contribution in [0.15, 0.2) is 40.8 Å². The van der Waals surface area contributed by atoms with E-state index in [4.69, 9.17) is 0 Å². The lowest BCUT2D eigenvalue weighted by atomic mass is 10.0. The molecule has 0 saturated carbocycles. The van der Waals surface area contributed by atoms with Crippen molar-refractivity contribution in [2.45, 2.75) is 24.2 Å². The van der Waals surface area contributed by atoms with Gasteiger partial charge in [0, 0.05) is 11.8 Å². The second kappa shape index (κ2) is 4.45. The largest absolute Gasteiger partial charge is 0.289 e. The molecule has 3 nitrogen and oxygen atoms in total. The molecule has 90 valence electrons. The van der Waals surface area contributed by atoms with Crippen molar-refractivity contribution in [3.8, 4) is 0 Å². The first-order valence-electron chi connectivity index (χ1n) is 5.52. The van der Waals surface area contributed by atoms with E-state index in [2.05, 4.69) is 0 Å². The van der Waals surface area contributed by atoms with Crippen molar-refractivity contribution in [2.75, 3.05) is 6.26 Å². The van der Waals surface area contributed by atoms with Gasteiger partial charge in [0.15, 0.2) is 15.6 Å². The summed E-state index contributed by atoms with van der Waals surface area (Å²) in [6, 6.07) is 6.13. The van der Waals surface area contributed by atoms with Crippen molar-refractivity contribution in [1.29, 1.82) is 0 Å². The summed E-state index contributed by atoms with van der Waals surface area (Å²) in [4.78, 5) is 12.2. The highest BCUT2D eigenvalue weighted by Crippen LogP contribution is 2.22. The SMILES string of the molecule is CS(=O)(=O)c1ccc(C(=O)C2=CCCC2)cc1. The lowest BCUT2D eigenvalue weighted by Crippen LogP contribution is -2.03. The number of carbonyl (C=O) groups is 1. The molecule has 0 aromatic heterocycles. The molecule has 0 spiro atoms. The predicted octanol–water partition coefficient (Wildman–Crippen LogP) is 2.38. The van der Waals surface area contributed by atoms with Crippen molar-refractivity contribution >= 4 is 15.6 Å². The number of benzene rings is 1. The molecule has 0 saturated heterocycles. The molecule has 0 heterocycles. The van der Waals surface area contributed by atoms with Gasteiger partial charge in [-0.3, -0.25) is 4.79 Å². The molecule has 1 aliphatic carbocycles. The maximum Gasteiger partial charge on any atom is 0.188 e. The molecule has 0 unspecified atom stereocenters. The van der Waals surface area contributed by atoms with Crippen molar-refractivity contribution in [3.63, 3.8) is 0 Å². The Kier molecular flexibility index (Phi) is 3.15.